The Morgan fingerprint density at radius 2 is 0.833 bits per heavy atom. The van der Waals surface area contributed by atoms with Crippen molar-refractivity contribution in [2.75, 3.05) is 0 Å². The van der Waals surface area contributed by atoms with Crippen molar-refractivity contribution < 1.29 is 13.2 Å². The summed E-state index contributed by atoms with van der Waals surface area (Å²) >= 11 is 0. The summed E-state index contributed by atoms with van der Waals surface area (Å²) in [4.78, 5) is 0. The maximum Gasteiger partial charge on any atom is 0.394 e. The fraction of sp³-hybridized carbons (Fsp3) is 1.00. The fourth-order valence-electron chi connectivity index (χ4n) is 0.471. The molecule has 0 amide bonds. The monoisotopic (exact) mass is 268 g/mol. The molecule has 0 bridgehead atoms. The van der Waals surface area contributed by atoms with Crippen molar-refractivity contribution in [3.05, 3.63) is 0 Å². The summed E-state index contributed by atoms with van der Waals surface area (Å²) in [6.07, 6.45) is -3.32. The van der Waals surface area contributed by atoms with E-state index in [-0.39, 0.29) is 0 Å². The van der Waals surface area contributed by atoms with E-state index in [1.54, 1.807) is 0 Å². The summed E-state index contributed by atoms with van der Waals surface area (Å²) in [5, 5.41) is 0. The van der Waals surface area contributed by atoms with Crippen LogP contribution in [0.2, 0.25) is 0 Å². The van der Waals surface area contributed by atoms with Crippen molar-refractivity contribution in [1.82, 2.24) is 0 Å². The maximum atomic E-state index is 11.6. The minimum absolute atomic E-state index is 0.316. The van der Waals surface area contributed by atoms with Crippen LogP contribution in [0.25, 0.3) is 0 Å². The molecule has 18 heavy (non-hydrogen) atoms. The molecular formula is C15H31F3. The first-order valence-corrected chi connectivity index (χ1v) is 6.52. The Morgan fingerprint density at radius 3 is 0.833 bits per heavy atom. The topological polar surface area (TPSA) is 0 Å². The van der Waals surface area contributed by atoms with Crippen molar-refractivity contribution in [3.63, 3.8) is 0 Å². The molecule has 0 atom stereocenters. The van der Waals surface area contributed by atoms with Gasteiger partial charge in [-0.1, -0.05) is 62.3 Å². The molecule has 0 unspecified atom stereocenters. The quantitative estimate of drug-likeness (QED) is 0.473. The molecule has 0 saturated heterocycles. The summed E-state index contributed by atoms with van der Waals surface area (Å²) in [5.74, 6) is 0. The van der Waals surface area contributed by atoms with E-state index in [4.69, 9.17) is 0 Å². The van der Waals surface area contributed by atoms with Gasteiger partial charge in [0.2, 0.25) is 0 Å². The van der Waals surface area contributed by atoms with E-state index in [0.29, 0.717) is 23.7 Å². The highest BCUT2D eigenvalue weighted by molar-refractivity contribution is 4.94. The van der Waals surface area contributed by atoms with Gasteiger partial charge in [0, 0.05) is 0 Å². The van der Waals surface area contributed by atoms with Crippen LogP contribution in [0, 0.1) is 16.2 Å². The molecule has 0 aromatic rings. The zero-order valence-corrected chi connectivity index (χ0v) is 13.5. The van der Waals surface area contributed by atoms with Gasteiger partial charge in [-0.15, -0.1) is 0 Å². The molecule has 1 fully saturated rings. The first kappa shape index (κ1) is 20.1. The van der Waals surface area contributed by atoms with Crippen LogP contribution in [0.3, 0.4) is 0 Å². The van der Waals surface area contributed by atoms with Gasteiger partial charge in [-0.05, 0) is 23.7 Å². The SMILES string of the molecule is CC(C)(C)C.CC(C)(C)C.CC1(C(F)(F)F)CC1. The molecule has 0 spiro atoms. The van der Waals surface area contributed by atoms with Crippen molar-refractivity contribution >= 4 is 0 Å². The van der Waals surface area contributed by atoms with Crippen LogP contribution in [-0.4, -0.2) is 6.18 Å². The Bertz CT molecular complexity index is 194. The van der Waals surface area contributed by atoms with E-state index < -0.39 is 11.6 Å². The molecular weight excluding hydrogens is 237 g/mol. The van der Waals surface area contributed by atoms with E-state index in [1.807, 2.05) is 0 Å². The Balaban J connectivity index is 0. The predicted octanol–water partition coefficient (Wildman–Crippen LogP) is 6.45. The number of rotatable bonds is 0. The minimum atomic E-state index is -3.95. The highest BCUT2D eigenvalue weighted by atomic mass is 19.4. The molecule has 1 aliphatic rings. The lowest BCUT2D eigenvalue weighted by molar-refractivity contribution is -0.181. The minimum Gasteiger partial charge on any atom is -0.171 e. The molecule has 0 aliphatic heterocycles. The van der Waals surface area contributed by atoms with Gasteiger partial charge in [0.15, 0.2) is 0 Å². The third-order valence-corrected chi connectivity index (χ3v) is 1.68. The van der Waals surface area contributed by atoms with E-state index in [1.165, 1.54) is 6.92 Å². The molecule has 1 rings (SSSR count). The second-order valence-electron chi connectivity index (χ2n) is 8.56. The zero-order chi connectivity index (χ0) is 15.4. The Kier molecular flexibility index (Phi) is 7.03. The highest BCUT2D eigenvalue weighted by Crippen LogP contribution is 2.56. The van der Waals surface area contributed by atoms with Crippen molar-refractivity contribution in [2.24, 2.45) is 16.2 Å². The Hall–Kier alpha value is -0.210. The number of hydrogen-bond acceptors (Lipinski definition) is 0. The van der Waals surface area contributed by atoms with Gasteiger partial charge in [-0.3, -0.25) is 0 Å². The van der Waals surface area contributed by atoms with Crippen LogP contribution < -0.4 is 0 Å². The second kappa shape index (κ2) is 6.29. The fourth-order valence-corrected chi connectivity index (χ4v) is 0.471. The normalized spacial score (nSPS) is 18.0. The van der Waals surface area contributed by atoms with Gasteiger partial charge in [-0.2, -0.15) is 13.2 Å². The van der Waals surface area contributed by atoms with Gasteiger partial charge in [-0.25, -0.2) is 0 Å². The lowest BCUT2D eigenvalue weighted by atomic mass is 10.0. The molecule has 0 aromatic heterocycles. The van der Waals surface area contributed by atoms with Gasteiger partial charge in [0.05, 0.1) is 5.41 Å². The molecule has 0 aromatic carbocycles. The molecule has 0 radical (unpaired) electrons. The molecule has 3 heteroatoms. The van der Waals surface area contributed by atoms with Crippen LogP contribution in [-0.2, 0) is 0 Å². The number of halogens is 3. The van der Waals surface area contributed by atoms with Gasteiger partial charge >= 0.3 is 6.18 Å². The van der Waals surface area contributed by atoms with E-state index in [0.717, 1.165) is 0 Å². The summed E-state index contributed by atoms with van der Waals surface area (Å²) in [6, 6.07) is 0. The third kappa shape index (κ3) is 18.2. The molecule has 112 valence electrons. The smallest absolute Gasteiger partial charge is 0.171 e. The summed E-state index contributed by atoms with van der Waals surface area (Å²) < 4.78 is 34.9. The van der Waals surface area contributed by atoms with Crippen molar-refractivity contribution in [2.45, 2.75) is 81.3 Å². The Labute approximate surface area is 111 Å². The van der Waals surface area contributed by atoms with Crippen LogP contribution >= 0.6 is 0 Å². The summed E-state index contributed by atoms with van der Waals surface area (Å²) in [5.41, 5.74) is -0.312. The van der Waals surface area contributed by atoms with E-state index >= 15 is 0 Å². The molecule has 0 N–H and O–H groups in total. The maximum absolute atomic E-state index is 11.6. The number of alkyl halides is 3. The molecule has 1 saturated carbocycles. The summed E-state index contributed by atoms with van der Waals surface area (Å²) in [7, 11) is 0. The Morgan fingerprint density at radius 1 is 0.667 bits per heavy atom. The highest BCUT2D eigenvalue weighted by Gasteiger charge is 2.59. The van der Waals surface area contributed by atoms with Crippen LogP contribution in [0.5, 0.6) is 0 Å². The van der Waals surface area contributed by atoms with Crippen LogP contribution in [0.15, 0.2) is 0 Å². The molecule has 0 nitrogen and oxygen atoms in total. The molecule has 0 heterocycles. The first-order chi connectivity index (χ1) is 7.46. The van der Waals surface area contributed by atoms with Gasteiger partial charge in [0.1, 0.15) is 0 Å². The van der Waals surface area contributed by atoms with Crippen LogP contribution in [0.1, 0.15) is 75.2 Å². The average Bonchev–Trinajstić information content (AvgIpc) is 2.57. The zero-order valence-electron chi connectivity index (χ0n) is 13.5. The summed E-state index contributed by atoms with van der Waals surface area (Å²) in [6.45, 7) is 18.8. The van der Waals surface area contributed by atoms with E-state index in [9.17, 15) is 13.2 Å². The predicted molar refractivity (Wildman–Crippen MR) is 73.7 cm³/mol. The standard InChI is InChI=1S/C5H7F3.2C5H12/c1-4(2-3-4)5(6,7)8;2*1-5(2,3)4/h2-3H2,1H3;2*1-4H3. The third-order valence-electron chi connectivity index (χ3n) is 1.68. The first-order valence-electron chi connectivity index (χ1n) is 6.52. The number of hydrogen-bond donors (Lipinski definition) is 0. The lowest BCUT2D eigenvalue weighted by Gasteiger charge is -2.11. The van der Waals surface area contributed by atoms with Crippen molar-refractivity contribution in [3.8, 4) is 0 Å². The van der Waals surface area contributed by atoms with Crippen LogP contribution in [0.4, 0.5) is 13.2 Å². The van der Waals surface area contributed by atoms with Gasteiger partial charge < -0.3 is 0 Å². The van der Waals surface area contributed by atoms with Crippen molar-refractivity contribution in [1.29, 1.82) is 0 Å². The largest absolute Gasteiger partial charge is 0.394 e. The molecule has 1 aliphatic carbocycles. The lowest BCUT2D eigenvalue weighted by Crippen LogP contribution is -2.20. The van der Waals surface area contributed by atoms with E-state index in [2.05, 4.69) is 55.4 Å². The van der Waals surface area contributed by atoms with Gasteiger partial charge in [0.25, 0.3) is 0 Å². The second-order valence-corrected chi connectivity index (χ2v) is 8.56. The average molecular weight is 268 g/mol.